The summed E-state index contributed by atoms with van der Waals surface area (Å²) in [4.78, 5) is 8.56. The van der Waals surface area contributed by atoms with Crippen LogP contribution in [0, 0.1) is 6.92 Å². The molecule has 4 nitrogen and oxygen atoms in total. The summed E-state index contributed by atoms with van der Waals surface area (Å²) in [6.07, 6.45) is 2.66. The van der Waals surface area contributed by atoms with Crippen molar-refractivity contribution in [3.8, 4) is 6.01 Å². The largest absolute Gasteiger partial charge is 0.463 e. The fourth-order valence-corrected chi connectivity index (χ4v) is 1.34. The van der Waals surface area contributed by atoms with Crippen molar-refractivity contribution in [1.82, 2.24) is 15.3 Å². The van der Waals surface area contributed by atoms with Gasteiger partial charge >= 0.3 is 6.01 Å². The van der Waals surface area contributed by atoms with Crippen LogP contribution >= 0.6 is 0 Å². The van der Waals surface area contributed by atoms with Crippen molar-refractivity contribution in [3.63, 3.8) is 0 Å². The van der Waals surface area contributed by atoms with Gasteiger partial charge in [-0.3, -0.25) is 0 Å². The van der Waals surface area contributed by atoms with Gasteiger partial charge in [-0.1, -0.05) is 19.4 Å². The first-order valence-electron chi connectivity index (χ1n) is 6.32. The molecule has 1 rings (SSSR count). The number of ether oxygens (including phenoxy) is 1. The Morgan fingerprint density at radius 1 is 1.50 bits per heavy atom. The smallest absolute Gasteiger partial charge is 0.316 e. The van der Waals surface area contributed by atoms with E-state index in [9.17, 15) is 0 Å². The molecule has 4 heteroatoms. The molecule has 0 fully saturated rings. The Hall–Kier alpha value is -1.42. The first-order chi connectivity index (χ1) is 8.49. The van der Waals surface area contributed by atoms with Gasteiger partial charge in [0.2, 0.25) is 0 Å². The van der Waals surface area contributed by atoms with Gasteiger partial charge in [-0.2, -0.15) is 0 Å². The van der Waals surface area contributed by atoms with E-state index in [0.717, 1.165) is 29.8 Å². The van der Waals surface area contributed by atoms with Gasteiger partial charge in [-0.25, -0.2) is 9.97 Å². The monoisotopic (exact) mass is 249 g/mol. The lowest BCUT2D eigenvalue weighted by molar-refractivity contribution is 0.295. The van der Waals surface area contributed by atoms with Gasteiger partial charge in [0.1, 0.15) is 0 Å². The van der Waals surface area contributed by atoms with Crippen LogP contribution in [-0.4, -0.2) is 22.6 Å². The molecule has 0 aliphatic carbocycles. The van der Waals surface area contributed by atoms with Crippen LogP contribution in [0.25, 0.3) is 0 Å². The molecule has 0 bridgehead atoms. The molecule has 1 aromatic heterocycles. The second-order valence-corrected chi connectivity index (χ2v) is 4.85. The fraction of sp³-hybridized carbons (Fsp3) is 0.571. The third-order valence-electron chi connectivity index (χ3n) is 2.52. The summed E-state index contributed by atoms with van der Waals surface area (Å²) < 4.78 is 5.47. The number of nitrogens with zero attached hydrogens (tertiary/aromatic N) is 2. The normalized spacial score (nSPS) is 10.7. The SMILES string of the molecule is C=C(C)CCOc1ncc(CNC(C)C)c(C)n1. The fourth-order valence-electron chi connectivity index (χ4n) is 1.34. The number of hydrogen-bond acceptors (Lipinski definition) is 4. The van der Waals surface area contributed by atoms with Crippen molar-refractivity contribution in [1.29, 1.82) is 0 Å². The van der Waals surface area contributed by atoms with Crippen molar-refractivity contribution in [2.24, 2.45) is 0 Å². The highest BCUT2D eigenvalue weighted by molar-refractivity contribution is 5.17. The summed E-state index contributed by atoms with van der Waals surface area (Å²) >= 11 is 0. The van der Waals surface area contributed by atoms with Crippen LogP contribution in [0.4, 0.5) is 0 Å². The van der Waals surface area contributed by atoms with E-state index in [1.54, 1.807) is 0 Å². The van der Waals surface area contributed by atoms with Gasteiger partial charge in [0.25, 0.3) is 0 Å². The molecule has 0 atom stereocenters. The molecule has 100 valence electrons. The van der Waals surface area contributed by atoms with Crippen LogP contribution in [-0.2, 0) is 6.54 Å². The standard InChI is InChI=1S/C14H23N3O/c1-10(2)6-7-18-14-16-9-13(12(5)17-14)8-15-11(3)4/h9,11,15H,1,6-8H2,2-5H3. The van der Waals surface area contributed by atoms with E-state index in [-0.39, 0.29) is 0 Å². The van der Waals surface area contributed by atoms with Crippen molar-refractivity contribution in [2.45, 2.75) is 46.7 Å². The van der Waals surface area contributed by atoms with Crippen molar-refractivity contribution in [3.05, 3.63) is 29.6 Å². The third kappa shape index (κ3) is 5.27. The molecule has 0 unspecified atom stereocenters. The lowest BCUT2D eigenvalue weighted by Crippen LogP contribution is -2.22. The summed E-state index contributed by atoms with van der Waals surface area (Å²) in [6.45, 7) is 13.4. The molecule has 1 N–H and O–H groups in total. The first-order valence-corrected chi connectivity index (χ1v) is 6.32. The lowest BCUT2D eigenvalue weighted by atomic mass is 10.2. The van der Waals surface area contributed by atoms with E-state index < -0.39 is 0 Å². The van der Waals surface area contributed by atoms with Crippen LogP contribution in [0.2, 0.25) is 0 Å². The van der Waals surface area contributed by atoms with Crippen LogP contribution < -0.4 is 10.1 Å². The van der Waals surface area contributed by atoms with E-state index in [0.29, 0.717) is 18.7 Å². The lowest BCUT2D eigenvalue weighted by Gasteiger charge is -2.10. The molecule has 0 saturated carbocycles. The molecule has 1 aromatic rings. The van der Waals surface area contributed by atoms with E-state index in [1.807, 2.05) is 20.0 Å². The Morgan fingerprint density at radius 3 is 2.78 bits per heavy atom. The highest BCUT2D eigenvalue weighted by atomic mass is 16.5. The number of nitrogens with one attached hydrogen (secondary N) is 1. The molecule has 0 aliphatic rings. The van der Waals surface area contributed by atoms with E-state index in [2.05, 4.69) is 35.7 Å². The van der Waals surface area contributed by atoms with Gasteiger partial charge in [0.15, 0.2) is 0 Å². The summed E-state index contributed by atoms with van der Waals surface area (Å²) in [6, 6.07) is 0.901. The predicted molar refractivity (Wildman–Crippen MR) is 73.7 cm³/mol. The first kappa shape index (κ1) is 14.6. The van der Waals surface area contributed by atoms with Gasteiger partial charge in [0, 0.05) is 36.5 Å². The highest BCUT2D eigenvalue weighted by Crippen LogP contribution is 2.09. The second kappa shape index (κ2) is 7.11. The molecular formula is C14H23N3O. The molecule has 0 amide bonds. The maximum absolute atomic E-state index is 5.47. The Labute approximate surface area is 109 Å². The van der Waals surface area contributed by atoms with Gasteiger partial charge in [0.05, 0.1) is 6.61 Å². The second-order valence-electron chi connectivity index (χ2n) is 4.85. The zero-order valence-corrected chi connectivity index (χ0v) is 11.8. The highest BCUT2D eigenvalue weighted by Gasteiger charge is 2.04. The van der Waals surface area contributed by atoms with Crippen LogP contribution in [0.15, 0.2) is 18.3 Å². The Morgan fingerprint density at radius 2 is 2.22 bits per heavy atom. The number of aryl methyl sites for hydroxylation is 1. The molecule has 1 heterocycles. The van der Waals surface area contributed by atoms with Crippen molar-refractivity contribution in [2.75, 3.05) is 6.61 Å². The van der Waals surface area contributed by atoms with Crippen molar-refractivity contribution < 1.29 is 4.74 Å². The summed E-state index contributed by atoms with van der Waals surface area (Å²) in [5, 5.41) is 3.35. The van der Waals surface area contributed by atoms with Crippen LogP contribution in [0.5, 0.6) is 6.01 Å². The average molecular weight is 249 g/mol. The number of hydrogen-bond donors (Lipinski definition) is 1. The molecule has 0 radical (unpaired) electrons. The van der Waals surface area contributed by atoms with Gasteiger partial charge < -0.3 is 10.1 Å². The molecular weight excluding hydrogens is 226 g/mol. The van der Waals surface area contributed by atoms with Gasteiger partial charge in [-0.15, -0.1) is 6.58 Å². The van der Waals surface area contributed by atoms with Crippen molar-refractivity contribution >= 4 is 0 Å². The minimum atomic E-state index is 0.446. The average Bonchev–Trinajstić information content (AvgIpc) is 2.27. The minimum absolute atomic E-state index is 0.446. The minimum Gasteiger partial charge on any atom is -0.463 e. The van der Waals surface area contributed by atoms with E-state index >= 15 is 0 Å². The van der Waals surface area contributed by atoms with Crippen LogP contribution in [0.3, 0.4) is 0 Å². The number of aromatic nitrogens is 2. The predicted octanol–water partition coefficient (Wildman–Crippen LogP) is 2.63. The summed E-state index contributed by atoms with van der Waals surface area (Å²) in [7, 11) is 0. The van der Waals surface area contributed by atoms with Crippen LogP contribution in [0.1, 0.15) is 38.4 Å². The zero-order valence-electron chi connectivity index (χ0n) is 11.8. The Kier molecular flexibility index (Phi) is 5.78. The number of rotatable bonds is 7. The quantitative estimate of drug-likeness (QED) is 0.755. The molecule has 0 spiro atoms. The Bertz CT molecular complexity index is 402. The molecule has 18 heavy (non-hydrogen) atoms. The third-order valence-corrected chi connectivity index (χ3v) is 2.52. The topological polar surface area (TPSA) is 47.0 Å². The molecule has 0 aliphatic heterocycles. The zero-order chi connectivity index (χ0) is 13.5. The molecule has 0 saturated heterocycles. The van der Waals surface area contributed by atoms with E-state index in [4.69, 9.17) is 4.74 Å². The summed E-state index contributed by atoms with van der Waals surface area (Å²) in [5.41, 5.74) is 3.17. The summed E-state index contributed by atoms with van der Waals surface area (Å²) in [5.74, 6) is 0. The molecule has 0 aromatic carbocycles. The Balaban J connectivity index is 2.53. The van der Waals surface area contributed by atoms with Gasteiger partial charge in [-0.05, 0) is 13.8 Å². The maximum atomic E-state index is 5.47. The van der Waals surface area contributed by atoms with E-state index in [1.165, 1.54) is 0 Å². The maximum Gasteiger partial charge on any atom is 0.316 e.